The minimum absolute atomic E-state index is 0.757. The number of nitrogens with zero attached hydrogens (tertiary/aromatic N) is 1. The fourth-order valence-electron chi connectivity index (χ4n) is 3.38. The summed E-state index contributed by atoms with van der Waals surface area (Å²) in [7, 11) is 0. The Bertz CT molecular complexity index is 925. The molecule has 3 heteroatoms. The number of rotatable bonds is 8. The summed E-state index contributed by atoms with van der Waals surface area (Å²) in [5.74, 6) is 0. The van der Waals surface area contributed by atoms with E-state index in [0.717, 1.165) is 42.3 Å². The molecule has 0 aliphatic rings. The van der Waals surface area contributed by atoms with Crippen LogP contribution in [0.4, 0.5) is 17.1 Å². The number of benzene rings is 3. The van der Waals surface area contributed by atoms with Gasteiger partial charge >= 0.3 is 0 Å². The molecule has 3 nitrogen and oxygen atoms in total. The maximum Gasteiger partial charge on any atom is 0.0404 e. The largest absolute Gasteiger partial charge is 0.399 e. The van der Waals surface area contributed by atoms with Gasteiger partial charge in [-0.15, -0.1) is 0 Å². The number of nitrogen functional groups attached to an aromatic ring is 1. The predicted octanol–water partition coefficient (Wildman–Crippen LogP) is 5.92. The van der Waals surface area contributed by atoms with Gasteiger partial charge in [0.2, 0.25) is 0 Å². The standard InChI is InChI=1S/C25H29N3/c1-4-28(5-2)19(3)22-14-12-20(13-15-22)16-21-8-6-10-24(17-21)27-25-11-7-9-23(26)18-25/h6-15,17-18,27H,3-5,16,26H2,1-2H3. The Morgan fingerprint density at radius 3 is 2.14 bits per heavy atom. The average Bonchev–Trinajstić information content (AvgIpc) is 2.70. The van der Waals surface area contributed by atoms with Crippen molar-refractivity contribution in [1.29, 1.82) is 0 Å². The highest BCUT2D eigenvalue weighted by Gasteiger charge is 2.06. The van der Waals surface area contributed by atoms with Gasteiger partial charge in [0.15, 0.2) is 0 Å². The summed E-state index contributed by atoms with van der Waals surface area (Å²) >= 11 is 0. The maximum absolute atomic E-state index is 5.86. The van der Waals surface area contributed by atoms with Gasteiger partial charge in [-0.3, -0.25) is 0 Å². The molecule has 0 fully saturated rings. The first-order valence-electron chi connectivity index (χ1n) is 9.83. The van der Waals surface area contributed by atoms with Gasteiger partial charge in [0.1, 0.15) is 0 Å². The van der Waals surface area contributed by atoms with Gasteiger partial charge in [-0.05, 0) is 67.3 Å². The van der Waals surface area contributed by atoms with Crippen molar-refractivity contribution in [3.05, 3.63) is 96.1 Å². The molecule has 0 spiro atoms. The van der Waals surface area contributed by atoms with Crippen LogP contribution in [0.3, 0.4) is 0 Å². The molecule has 0 bridgehead atoms. The number of anilines is 3. The smallest absolute Gasteiger partial charge is 0.0404 e. The van der Waals surface area contributed by atoms with E-state index in [1.165, 1.54) is 16.7 Å². The topological polar surface area (TPSA) is 41.3 Å². The fraction of sp³-hybridized carbons (Fsp3) is 0.200. The highest BCUT2D eigenvalue weighted by Crippen LogP contribution is 2.22. The van der Waals surface area contributed by atoms with Gasteiger partial charge in [0.25, 0.3) is 0 Å². The van der Waals surface area contributed by atoms with Gasteiger partial charge in [-0.25, -0.2) is 0 Å². The molecule has 3 aromatic carbocycles. The average molecular weight is 372 g/mol. The number of nitrogens with two attached hydrogens (primary N) is 1. The third kappa shape index (κ3) is 4.95. The Hall–Kier alpha value is -3.20. The normalized spacial score (nSPS) is 10.5. The summed E-state index contributed by atoms with van der Waals surface area (Å²) in [6, 6.07) is 25.0. The number of hydrogen-bond donors (Lipinski definition) is 2. The molecule has 0 radical (unpaired) electrons. The van der Waals surface area contributed by atoms with Gasteiger partial charge < -0.3 is 16.0 Å². The Morgan fingerprint density at radius 2 is 1.50 bits per heavy atom. The van der Waals surface area contributed by atoms with E-state index in [-0.39, 0.29) is 0 Å². The summed E-state index contributed by atoms with van der Waals surface area (Å²) in [6.07, 6.45) is 0.893. The lowest BCUT2D eigenvalue weighted by molar-refractivity contribution is 0.443. The second-order valence-electron chi connectivity index (χ2n) is 6.94. The Labute approximate surface area is 168 Å². The molecule has 0 aromatic heterocycles. The van der Waals surface area contributed by atoms with Gasteiger partial charge in [-0.1, -0.05) is 49.0 Å². The molecule has 0 amide bonds. The van der Waals surface area contributed by atoms with Crippen molar-refractivity contribution in [3.8, 4) is 0 Å². The molecule has 3 N–H and O–H groups in total. The second kappa shape index (κ2) is 9.14. The van der Waals surface area contributed by atoms with E-state index in [2.05, 4.69) is 79.2 Å². The van der Waals surface area contributed by atoms with Crippen molar-refractivity contribution in [2.75, 3.05) is 24.1 Å². The third-order valence-electron chi connectivity index (χ3n) is 4.94. The van der Waals surface area contributed by atoms with E-state index >= 15 is 0 Å². The van der Waals surface area contributed by atoms with Gasteiger partial charge in [0.05, 0.1) is 0 Å². The SMILES string of the molecule is C=C(c1ccc(Cc2cccc(Nc3cccc(N)c3)c2)cc1)N(CC)CC. The Balaban J connectivity index is 1.69. The summed E-state index contributed by atoms with van der Waals surface area (Å²) in [6.45, 7) is 10.5. The maximum atomic E-state index is 5.86. The van der Waals surface area contributed by atoms with Crippen LogP contribution in [0.25, 0.3) is 5.70 Å². The molecule has 0 atom stereocenters. The monoisotopic (exact) mass is 371 g/mol. The molecule has 0 saturated heterocycles. The molecule has 0 unspecified atom stereocenters. The fourth-order valence-corrected chi connectivity index (χ4v) is 3.38. The Morgan fingerprint density at radius 1 is 0.857 bits per heavy atom. The van der Waals surface area contributed by atoms with Crippen LogP contribution in [0.2, 0.25) is 0 Å². The van der Waals surface area contributed by atoms with Crippen molar-refractivity contribution < 1.29 is 0 Å². The minimum Gasteiger partial charge on any atom is -0.399 e. The Kier molecular flexibility index (Phi) is 6.38. The molecule has 0 heterocycles. The molecule has 3 aromatic rings. The number of nitrogens with one attached hydrogen (secondary N) is 1. The summed E-state index contributed by atoms with van der Waals surface area (Å²) in [5, 5.41) is 3.42. The summed E-state index contributed by atoms with van der Waals surface area (Å²) in [4.78, 5) is 2.28. The zero-order valence-corrected chi connectivity index (χ0v) is 16.8. The van der Waals surface area contributed by atoms with E-state index in [4.69, 9.17) is 5.73 Å². The first-order chi connectivity index (χ1) is 13.6. The molecule has 144 valence electrons. The van der Waals surface area contributed by atoms with Crippen LogP contribution in [-0.4, -0.2) is 18.0 Å². The van der Waals surface area contributed by atoms with E-state index < -0.39 is 0 Å². The van der Waals surface area contributed by atoms with E-state index in [1.807, 2.05) is 24.3 Å². The highest BCUT2D eigenvalue weighted by molar-refractivity contribution is 5.64. The van der Waals surface area contributed by atoms with Crippen LogP contribution in [0.1, 0.15) is 30.5 Å². The third-order valence-corrected chi connectivity index (χ3v) is 4.94. The molecule has 0 aliphatic carbocycles. The minimum atomic E-state index is 0.757. The van der Waals surface area contributed by atoms with Crippen molar-refractivity contribution in [2.45, 2.75) is 20.3 Å². The van der Waals surface area contributed by atoms with Crippen LogP contribution in [-0.2, 0) is 6.42 Å². The van der Waals surface area contributed by atoms with Crippen LogP contribution in [0.5, 0.6) is 0 Å². The van der Waals surface area contributed by atoms with Gasteiger partial charge in [-0.2, -0.15) is 0 Å². The molecular formula is C25H29N3. The molecule has 3 rings (SSSR count). The quantitative estimate of drug-likeness (QED) is 0.483. The lowest BCUT2D eigenvalue weighted by Crippen LogP contribution is -2.20. The summed E-state index contributed by atoms with van der Waals surface area (Å²) < 4.78 is 0. The molecular weight excluding hydrogens is 342 g/mol. The summed E-state index contributed by atoms with van der Waals surface area (Å²) in [5.41, 5.74) is 13.5. The molecule has 28 heavy (non-hydrogen) atoms. The van der Waals surface area contributed by atoms with Crippen molar-refractivity contribution in [1.82, 2.24) is 4.90 Å². The molecule has 0 aliphatic heterocycles. The number of hydrogen-bond acceptors (Lipinski definition) is 3. The van der Waals surface area contributed by atoms with Crippen molar-refractivity contribution >= 4 is 22.8 Å². The first kappa shape index (κ1) is 19.6. The van der Waals surface area contributed by atoms with Crippen LogP contribution < -0.4 is 11.1 Å². The second-order valence-corrected chi connectivity index (χ2v) is 6.94. The van der Waals surface area contributed by atoms with Crippen LogP contribution in [0, 0.1) is 0 Å². The van der Waals surface area contributed by atoms with Crippen LogP contribution >= 0.6 is 0 Å². The lowest BCUT2D eigenvalue weighted by Gasteiger charge is -2.23. The zero-order valence-electron chi connectivity index (χ0n) is 16.8. The van der Waals surface area contributed by atoms with E-state index in [1.54, 1.807) is 0 Å². The highest BCUT2D eigenvalue weighted by atomic mass is 15.1. The van der Waals surface area contributed by atoms with Crippen molar-refractivity contribution in [2.24, 2.45) is 0 Å². The zero-order chi connectivity index (χ0) is 19.9. The first-order valence-corrected chi connectivity index (χ1v) is 9.83. The van der Waals surface area contributed by atoms with E-state index in [0.29, 0.717) is 0 Å². The van der Waals surface area contributed by atoms with Gasteiger partial charge in [0, 0.05) is 35.8 Å². The predicted molar refractivity (Wildman–Crippen MR) is 122 cm³/mol. The van der Waals surface area contributed by atoms with Crippen LogP contribution in [0.15, 0.2) is 79.4 Å². The van der Waals surface area contributed by atoms with E-state index in [9.17, 15) is 0 Å². The lowest BCUT2D eigenvalue weighted by atomic mass is 10.0. The van der Waals surface area contributed by atoms with Crippen molar-refractivity contribution in [3.63, 3.8) is 0 Å². The molecule has 0 saturated carbocycles.